The molecule has 0 atom stereocenters. The fraction of sp³-hybridized carbons (Fsp3) is 0.294. The zero-order chi connectivity index (χ0) is 19.7. The van der Waals surface area contributed by atoms with E-state index in [4.69, 9.17) is 21.1 Å². The van der Waals surface area contributed by atoms with Gasteiger partial charge in [-0.05, 0) is 18.2 Å². The zero-order valence-electron chi connectivity index (χ0n) is 14.8. The predicted octanol–water partition coefficient (Wildman–Crippen LogP) is 1.90. The summed E-state index contributed by atoms with van der Waals surface area (Å²) in [6, 6.07) is 4.80. The highest BCUT2D eigenvalue weighted by Crippen LogP contribution is 2.27. The van der Waals surface area contributed by atoms with Crippen LogP contribution >= 0.6 is 22.9 Å². The van der Waals surface area contributed by atoms with E-state index >= 15 is 0 Å². The number of carbonyl (C=O) groups is 1. The van der Waals surface area contributed by atoms with Crippen LogP contribution in [0.15, 0.2) is 29.2 Å². The van der Waals surface area contributed by atoms with Crippen LogP contribution in [0.3, 0.4) is 0 Å². The molecular weight excluding hydrogens is 406 g/mol. The number of fused-ring (bicyclic) bond motifs is 1. The normalized spacial score (nSPS) is 14.3. The number of nitrogens with one attached hydrogen (secondary N) is 1. The van der Waals surface area contributed by atoms with Crippen LogP contribution in [0.4, 0.5) is 10.8 Å². The van der Waals surface area contributed by atoms with Crippen LogP contribution in [0.2, 0.25) is 5.02 Å². The van der Waals surface area contributed by atoms with Crippen molar-refractivity contribution in [2.45, 2.75) is 0 Å². The van der Waals surface area contributed by atoms with Gasteiger partial charge in [0.2, 0.25) is 10.1 Å². The van der Waals surface area contributed by atoms with E-state index in [0.29, 0.717) is 52.9 Å². The summed E-state index contributed by atoms with van der Waals surface area (Å²) in [5.74, 6) is -0.102. The van der Waals surface area contributed by atoms with Gasteiger partial charge >= 0.3 is 0 Å². The Kier molecular flexibility index (Phi) is 5.16. The summed E-state index contributed by atoms with van der Waals surface area (Å²) in [6.45, 7) is 2.60. The van der Waals surface area contributed by atoms with Crippen molar-refractivity contribution in [3.63, 3.8) is 0 Å². The van der Waals surface area contributed by atoms with Crippen molar-refractivity contribution < 1.29 is 14.3 Å². The number of nitrogens with zero attached hydrogens (tertiary/aromatic N) is 4. The van der Waals surface area contributed by atoms with E-state index in [1.165, 1.54) is 24.6 Å². The number of anilines is 2. The molecule has 2 aromatic heterocycles. The molecule has 1 saturated heterocycles. The second kappa shape index (κ2) is 7.74. The van der Waals surface area contributed by atoms with Crippen molar-refractivity contribution in [2.75, 3.05) is 43.6 Å². The molecule has 1 N–H and O–H groups in total. The first-order chi connectivity index (χ1) is 13.6. The standard InChI is InChI=1S/C17H16ClN5O4S/c1-26-13-3-2-10(8-12(13)18)20-14(24)11-9-19-16-23(15(11)25)21-17(28-16)22-4-6-27-7-5-22/h2-3,8-9H,4-7H2,1H3,(H,20,24). The number of halogens is 1. The first kappa shape index (κ1) is 18.7. The number of aromatic nitrogens is 3. The van der Waals surface area contributed by atoms with Crippen LogP contribution < -0.4 is 20.5 Å². The molecule has 0 aliphatic carbocycles. The maximum atomic E-state index is 12.7. The Hall–Kier alpha value is -2.69. The summed E-state index contributed by atoms with van der Waals surface area (Å²) in [7, 11) is 1.50. The van der Waals surface area contributed by atoms with Gasteiger partial charge in [0, 0.05) is 25.0 Å². The van der Waals surface area contributed by atoms with Crippen LogP contribution in [-0.4, -0.2) is 53.9 Å². The summed E-state index contributed by atoms with van der Waals surface area (Å²) in [5, 5.41) is 8.00. The molecule has 1 amide bonds. The summed E-state index contributed by atoms with van der Waals surface area (Å²) < 4.78 is 11.6. The number of benzene rings is 1. The smallest absolute Gasteiger partial charge is 0.288 e. The third kappa shape index (κ3) is 3.53. The molecule has 4 rings (SSSR count). The zero-order valence-corrected chi connectivity index (χ0v) is 16.4. The average molecular weight is 422 g/mol. The number of hydrogen-bond donors (Lipinski definition) is 1. The van der Waals surface area contributed by atoms with E-state index in [1.54, 1.807) is 18.2 Å². The Morgan fingerprint density at radius 2 is 2.14 bits per heavy atom. The van der Waals surface area contributed by atoms with E-state index < -0.39 is 11.5 Å². The second-order valence-electron chi connectivity index (χ2n) is 5.96. The molecule has 1 fully saturated rings. The van der Waals surface area contributed by atoms with Gasteiger partial charge in [0.1, 0.15) is 11.3 Å². The quantitative estimate of drug-likeness (QED) is 0.687. The predicted molar refractivity (Wildman–Crippen MR) is 106 cm³/mol. The highest BCUT2D eigenvalue weighted by atomic mass is 35.5. The average Bonchev–Trinajstić information content (AvgIpc) is 3.14. The largest absolute Gasteiger partial charge is 0.495 e. The lowest BCUT2D eigenvalue weighted by Gasteiger charge is -2.25. The highest BCUT2D eigenvalue weighted by Gasteiger charge is 2.20. The minimum absolute atomic E-state index is 0.108. The molecule has 3 aromatic rings. The molecule has 1 aromatic carbocycles. The van der Waals surface area contributed by atoms with Crippen molar-refractivity contribution in [3.8, 4) is 5.75 Å². The topological polar surface area (TPSA) is 98.1 Å². The Morgan fingerprint density at radius 1 is 1.36 bits per heavy atom. The van der Waals surface area contributed by atoms with E-state index in [0.717, 1.165) is 4.52 Å². The van der Waals surface area contributed by atoms with Gasteiger partial charge < -0.3 is 19.7 Å². The van der Waals surface area contributed by atoms with Gasteiger partial charge in [0.15, 0.2) is 0 Å². The van der Waals surface area contributed by atoms with E-state index in [-0.39, 0.29) is 5.56 Å². The third-order valence-corrected chi connectivity index (χ3v) is 5.49. The van der Waals surface area contributed by atoms with Gasteiger partial charge in [-0.3, -0.25) is 9.59 Å². The number of carbonyl (C=O) groups excluding carboxylic acids is 1. The lowest BCUT2D eigenvalue weighted by molar-refractivity contribution is 0.102. The van der Waals surface area contributed by atoms with Crippen LogP contribution in [0.1, 0.15) is 10.4 Å². The summed E-state index contributed by atoms with van der Waals surface area (Å²) in [5.41, 5.74) is -0.200. The number of morpholine rings is 1. The van der Waals surface area contributed by atoms with Gasteiger partial charge in [0.25, 0.3) is 11.5 Å². The molecule has 1 aliphatic heterocycles. The maximum Gasteiger partial charge on any atom is 0.288 e. The molecule has 0 spiro atoms. The fourth-order valence-corrected chi connectivity index (χ4v) is 3.93. The van der Waals surface area contributed by atoms with E-state index in [9.17, 15) is 9.59 Å². The number of methoxy groups -OCH3 is 1. The van der Waals surface area contributed by atoms with Crippen molar-refractivity contribution in [3.05, 3.63) is 45.3 Å². The Bertz CT molecular complexity index is 1090. The van der Waals surface area contributed by atoms with E-state index in [2.05, 4.69) is 15.4 Å². The van der Waals surface area contributed by atoms with Crippen LogP contribution in [0.25, 0.3) is 4.96 Å². The maximum absolute atomic E-state index is 12.7. The number of ether oxygens (including phenoxy) is 2. The van der Waals surface area contributed by atoms with Crippen molar-refractivity contribution in [2.24, 2.45) is 0 Å². The molecule has 0 radical (unpaired) electrons. The SMILES string of the molecule is COc1ccc(NC(=O)c2cnc3sc(N4CCOCC4)nn3c2=O)cc1Cl. The fourth-order valence-electron chi connectivity index (χ4n) is 2.76. The van der Waals surface area contributed by atoms with Gasteiger partial charge in [-0.2, -0.15) is 4.52 Å². The third-order valence-electron chi connectivity index (χ3n) is 4.21. The first-order valence-electron chi connectivity index (χ1n) is 8.43. The molecule has 28 heavy (non-hydrogen) atoms. The molecule has 1 aliphatic rings. The summed E-state index contributed by atoms with van der Waals surface area (Å²) >= 11 is 7.36. The molecule has 0 unspecified atom stereocenters. The van der Waals surface area contributed by atoms with Gasteiger partial charge in [-0.1, -0.05) is 22.9 Å². The number of rotatable bonds is 4. The van der Waals surface area contributed by atoms with Gasteiger partial charge in [-0.25, -0.2) is 4.98 Å². The Labute approximate surface area is 168 Å². The highest BCUT2D eigenvalue weighted by molar-refractivity contribution is 7.20. The second-order valence-corrected chi connectivity index (χ2v) is 7.30. The Morgan fingerprint density at radius 3 is 2.86 bits per heavy atom. The summed E-state index contributed by atoms with van der Waals surface area (Å²) in [4.78, 5) is 32.0. The lowest BCUT2D eigenvalue weighted by Crippen LogP contribution is -2.36. The summed E-state index contributed by atoms with van der Waals surface area (Å²) in [6.07, 6.45) is 1.26. The van der Waals surface area contributed by atoms with Crippen molar-refractivity contribution >= 4 is 44.6 Å². The minimum Gasteiger partial charge on any atom is -0.495 e. The molecule has 11 heteroatoms. The molecule has 0 saturated carbocycles. The Balaban J connectivity index is 1.61. The molecule has 9 nitrogen and oxygen atoms in total. The monoisotopic (exact) mass is 421 g/mol. The van der Waals surface area contributed by atoms with Crippen LogP contribution in [-0.2, 0) is 4.74 Å². The van der Waals surface area contributed by atoms with Crippen LogP contribution in [0.5, 0.6) is 5.75 Å². The van der Waals surface area contributed by atoms with Gasteiger partial charge in [0.05, 0.1) is 25.3 Å². The van der Waals surface area contributed by atoms with Crippen molar-refractivity contribution in [1.82, 2.24) is 14.6 Å². The van der Waals surface area contributed by atoms with Crippen molar-refractivity contribution in [1.29, 1.82) is 0 Å². The molecular formula is C17H16ClN5O4S. The first-order valence-corrected chi connectivity index (χ1v) is 9.63. The van der Waals surface area contributed by atoms with Crippen LogP contribution in [0, 0.1) is 0 Å². The number of hydrogen-bond acceptors (Lipinski definition) is 8. The molecule has 0 bridgehead atoms. The molecule has 146 valence electrons. The minimum atomic E-state index is -0.589. The number of amides is 1. The van der Waals surface area contributed by atoms with E-state index in [1.807, 2.05) is 4.90 Å². The lowest BCUT2D eigenvalue weighted by atomic mass is 10.2. The molecule has 3 heterocycles. The van der Waals surface area contributed by atoms with Gasteiger partial charge in [-0.15, -0.1) is 5.10 Å².